The van der Waals surface area contributed by atoms with Crippen molar-refractivity contribution >= 4 is 23.9 Å². The Morgan fingerprint density at radius 1 is 0.870 bits per heavy atom. The monoisotopic (exact) mass is 384 g/mol. The maximum absolute atomic E-state index is 10.0. The molecule has 0 aliphatic heterocycles. The fraction of sp³-hybridized carbons (Fsp3) is 0.636. The van der Waals surface area contributed by atoms with Crippen LogP contribution >= 0.6 is 0 Å². The predicted octanol–water partition coefficient (Wildman–Crippen LogP) is -1.27. The largest absolute Gasteiger partial charge is 0.481 e. The van der Waals surface area contributed by atoms with Crippen molar-refractivity contribution in [3.05, 3.63) is 0 Å². The number of carboxylic acid groups (broad SMARTS) is 4. The van der Waals surface area contributed by atoms with E-state index in [0.717, 1.165) is 20.8 Å². The number of aliphatic hydroxyl groups is 1. The zero-order valence-electron chi connectivity index (χ0n) is 13.0. The second kappa shape index (κ2) is 20.3. The van der Waals surface area contributed by atoms with E-state index in [1.54, 1.807) is 0 Å². The second-order valence-electron chi connectivity index (χ2n) is 3.77. The summed E-state index contributed by atoms with van der Waals surface area (Å²) in [5, 5.41) is 39.4. The van der Waals surface area contributed by atoms with Crippen LogP contribution in [0.2, 0.25) is 0 Å². The maximum atomic E-state index is 10.0. The number of hydrogen-bond acceptors (Lipinski definition) is 7. The minimum Gasteiger partial charge on any atom is -0.481 e. The summed E-state index contributed by atoms with van der Waals surface area (Å²) < 4.78 is 0. The van der Waals surface area contributed by atoms with E-state index in [2.05, 4.69) is 0 Å². The zero-order valence-corrected chi connectivity index (χ0v) is 14.1. The summed E-state index contributed by atoms with van der Waals surface area (Å²) in [6.45, 7) is 3.43. The first-order chi connectivity index (χ1) is 9.67. The maximum Gasteiger partial charge on any atom is 0.307 e. The van der Waals surface area contributed by atoms with Crippen LogP contribution in [0.5, 0.6) is 0 Å². The molecule has 12 heteroatoms. The molecule has 11 nitrogen and oxygen atoms in total. The molecule has 0 aliphatic carbocycles. The van der Waals surface area contributed by atoms with Crippen LogP contribution in [-0.4, -0.2) is 61.7 Å². The Hall–Kier alpha value is -1.72. The van der Waals surface area contributed by atoms with Gasteiger partial charge >= 0.3 is 5.97 Å². The molecule has 0 aromatic carbocycles. The third-order valence-electron chi connectivity index (χ3n) is 1.03. The third kappa shape index (κ3) is 128. The fourth-order valence-corrected chi connectivity index (χ4v) is 0.600. The van der Waals surface area contributed by atoms with Crippen molar-refractivity contribution in [1.82, 2.24) is 0 Å². The van der Waals surface area contributed by atoms with Gasteiger partial charge in [-0.25, -0.2) is 0 Å². The molecule has 0 amide bonds. The number of aliphatic carboxylic acids is 4. The van der Waals surface area contributed by atoms with Gasteiger partial charge in [-0.05, 0) is 6.54 Å². The topological polar surface area (TPSA) is 221 Å². The van der Waals surface area contributed by atoms with Gasteiger partial charge in [0.15, 0.2) is 0 Å². The Morgan fingerprint density at radius 3 is 1.22 bits per heavy atom. The Labute approximate surface area is 143 Å². The molecule has 9 N–H and O–H groups in total. The molecule has 0 aromatic heterocycles. The molecule has 23 heavy (non-hydrogen) atoms. The molecular weight excluding hydrogens is 360 g/mol. The molecule has 1 unspecified atom stereocenters. The Morgan fingerprint density at radius 2 is 1.09 bits per heavy atom. The number of carboxylic acids is 4. The van der Waals surface area contributed by atoms with E-state index in [9.17, 15) is 4.79 Å². The van der Waals surface area contributed by atoms with Gasteiger partial charge in [0.2, 0.25) is 0 Å². The average Bonchev–Trinajstić information content (AvgIpc) is 2.10. The Kier molecular flexibility index (Phi) is 29.1. The molecule has 0 rings (SSSR count). The molecule has 0 spiro atoms. The molecule has 0 aromatic rings. The second-order valence-corrected chi connectivity index (χ2v) is 3.77. The molecule has 0 fully saturated rings. The van der Waals surface area contributed by atoms with E-state index in [4.69, 9.17) is 51.4 Å². The SMILES string of the molecule is CC(=O)O.CC(=O)O.CC(=O)O.NCCC(N)(O)CC(=O)O.[Fe]. The van der Waals surface area contributed by atoms with E-state index >= 15 is 0 Å². The van der Waals surface area contributed by atoms with Gasteiger partial charge in [-0.15, -0.1) is 0 Å². The Bertz CT molecular complexity index is 308. The number of nitrogens with two attached hydrogens (primary N) is 2. The van der Waals surface area contributed by atoms with Crippen molar-refractivity contribution < 1.29 is 61.8 Å². The summed E-state index contributed by atoms with van der Waals surface area (Å²) in [7, 11) is 0. The van der Waals surface area contributed by atoms with E-state index in [1.807, 2.05) is 0 Å². The first-order valence-corrected chi connectivity index (χ1v) is 5.69. The van der Waals surface area contributed by atoms with Crippen LogP contribution < -0.4 is 11.5 Å². The number of rotatable bonds is 4. The summed E-state index contributed by atoms with van der Waals surface area (Å²) in [6, 6.07) is 0. The predicted molar refractivity (Wildman–Crippen MR) is 75.0 cm³/mol. The molecule has 140 valence electrons. The summed E-state index contributed by atoms with van der Waals surface area (Å²) >= 11 is 0. The summed E-state index contributed by atoms with van der Waals surface area (Å²) in [5.74, 6) is -3.63. The molecule has 0 aliphatic rings. The third-order valence-corrected chi connectivity index (χ3v) is 1.03. The number of hydrogen-bond donors (Lipinski definition) is 7. The van der Waals surface area contributed by atoms with Gasteiger partial charge in [-0.2, -0.15) is 0 Å². The first kappa shape index (κ1) is 33.0. The normalized spacial score (nSPS) is 10.3. The van der Waals surface area contributed by atoms with Crippen molar-refractivity contribution in [2.75, 3.05) is 6.54 Å². The van der Waals surface area contributed by atoms with Crippen molar-refractivity contribution in [1.29, 1.82) is 0 Å². The van der Waals surface area contributed by atoms with E-state index in [0.29, 0.717) is 0 Å². The van der Waals surface area contributed by atoms with Gasteiger partial charge < -0.3 is 37.0 Å². The molecule has 0 saturated carbocycles. The minimum absolute atomic E-state index is 0. The quantitative estimate of drug-likeness (QED) is 0.223. The number of carbonyl (C=O) groups is 4. The molecule has 0 saturated heterocycles. The van der Waals surface area contributed by atoms with Crippen LogP contribution in [0.1, 0.15) is 33.6 Å². The molecule has 1 atom stereocenters. The standard InChI is InChI=1S/C5H12N2O3.3C2H4O2.Fe/c6-2-1-5(7,10)3-4(8)9;3*1-2(3)4;/h10H,1-3,6-7H2,(H,8,9);3*1H3,(H,3,4);. The first-order valence-electron chi connectivity index (χ1n) is 5.69. The molecule has 0 heterocycles. The molecule has 0 bridgehead atoms. The smallest absolute Gasteiger partial charge is 0.307 e. The van der Waals surface area contributed by atoms with Crippen LogP contribution in [0.4, 0.5) is 0 Å². The zero-order chi connectivity index (χ0) is 18.9. The summed E-state index contributed by atoms with van der Waals surface area (Å²) in [4.78, 5) is 37.0. The van der Waals surface area contributed by atoms with Gasteiger partial charge in [-0.1, -0.05) is 0 Å². The summed E-state index contributed by atoms with van der Waals surface area (Å²) in [5.41, 5.74) is 8.53. The van der Waals surface area contributed by atoms with Crippen LogP contribution in [0, 0.1) is 0 Å². The van der Waals surface area contributed by atoms with Gasteiger partial charge in [0.25, 0.3) is 17.9 Å². The van der Waals surface area contributed by atoms with Crippen LogP contribution in [0.15, 0.2) is 0 Å². The van der Waals surface area contributed by atoms with Crippen molar-refractivity contribution in [2.24, 2.45) is 11.5 Å². The van der Waals surface area contributed by atoms with Crippen molar-refractivity contribution in [3.8, 4) is 0 Å². The van der Waals surface area contributed by atoms with E-state index in [1.165, 1.54) is 0 Å². The average molecular weight is 384 g/mol. The Balaban J connectivity index is -0.0000000700. The molecule has 0 radical (unpaired) electrons. The van der Waals surface area contributed by atoms with Gasteiger partial charge in [0.1, 0.15) is 5.72 Å². The molecular formula is C11H24FeN2O9. The van der Waals surface area contributed by atoms with Gasteiger partial charge in [0, 0.05) is 44.3 Å². The van der Waals surface area contributed by atoms with Crippen LogP contribution in [0.25, 0.3) is 0 Å². The minimum atomic E-state index is -1.65. The fourth-order valence-electron chi connectivity index (χ4n) is 0.600. The van der Waals surface area contributed by atoms with Crippen molar-refractivity contribution in [2.45, 2.75) is 39.3 Å². The van der Waals surface area contributed by atoms with Crippen LogP contribution in [-0.2, 0) is 36.2 Å². The van der Waals surface area contributed by atoms with Gasteiger partial charge in [-0.3, -0.25) is 19.2 Å². The van der Waals surface area contributed by atoms with E-state index < -0.39 is 36.0 Å². The summed E-state index contributed by atoms with van der Waals surface area (Å²) in [6.07, 6.45) is -0.372. The van der Waals surface area contributed by atoms with Crippen LogP contribution in [0.3, 0.4) is 0 Å². The van der Waals surface area contributed by atoms with Crippen molar-refractivity contribution in [3.63, 3.8) is 0 Å². The van der Waals surface area contributed by atoms with E-state index in [-0.39, 0.29) is 30.0 Å². The van der Waals surface area contributed by atoms with Gasteiger partial charge in [0.05, 0.1) is 6.42 Å².